The Kier molecular flexibility index (Phi) is 7.02. The lowest BCUT2D eigenvalue weighted by atomic mass is 9.94. The van der Waals surface area contributed by atoms with Crippen molar-refractivity contribution in [1.82, 2.24) is 19.6 Å². The van der Waals surface area contributed by atoms with E-state index in [-0.39, 0.29) is 11.3 Å². The summed E-state index contributed by atoms with van der Waals surface area (Å²) in [5.74, 6) is -2.12. The quantitative estimate of drug-likeness (QED) is 0.296. The molecule has 0 unspecified atom stereocenters. The Morgan fingerprint density at radius 3 is 2.33 bits per heavy atom. The van der Waals surface area contributed by atoms with Crippen LogP contribution in [-0.4, -0.2) is 76.6 Å². The lowest BCUT2D eigenvalue weighted by Crippen LogP contribution is -2.32. The number of Topliss-reactive ketones (excluding diaryl/α,β-unsaturated/α-hetero) is 1. The molecule has 2 heterocycles. The number of rotatable bonds is 7. The summed E-state index contributed by atoms with van der Waals surface area (Å²) in [7, 11) is 6.92. The number of amides is 1. The number of methoxy groups -OCH3 is 1. The van der Waals surface area contributed by atoms with Crippen molar-refractivity contribution in [3.05, 3.63) is 57.9 Å². The maximum absolute atomic E-state index is 13.1. The van der Waals surface area contributed by atoms with Crippen LogP contribution in [0, 0.1) is 13.8 Å². The van der Waals surface area contributed by atoms with Crippen molar-refractivity contribution in [2.45, 2.75) is 26.3 Å². The summed E-state index contributed by atoms with van der Waals surface area (Å²) in [4.78, 5) is 41.5. The number of aliphatic hydroxyl groups excluding tert-OH is 1. The average molecular weight is 455 g/mol. The van der Waals surface area contributed by atoms with Crippen LogP contribution >= 0.6 is 0 Å². The SMILES string of the molecule is COC(=O)c1ccc([C@H]2/C(=C(\O)c3c(C)nn(C)c3C)C(=O)C(=O)N2CCCN(C)C)cc1. The molecule has 1 saturated heterocycles. The zero-order valence-electron chi connectivity index (χ0n) is 19.9. The van der Waals surface area contributed by atoms with Gasteiger partial charge in [0.2, 0.25) is 0 Å². The first-order valence-electron chi connectivity index (χ1n) is 10.7. The first kappa shape index (κ1) is 24.2. The molecule has 9 nitrogen and oxygen atoms in total. The fourth-order valence-corrected chi connectivity index (χ4v) is 4.18. The first-order chi connectivity index (χ1) is 15.6. The molecule has 3 rings (SSSR count). The standard InChI is InChI=1S/C24H30N4O5/c1-14-18(15(2)27(5)25-14)21(29)19-20(16-8-10-17(11-9-16)24(32)33-6)28(23(31)22(19)30)13-7-12-26(3)4/h8-11,20,29H,7,12-13H2,1-6H3/b21-19+/t20-/m0/s1. The number of nitrogens with zero attached hydrogens (tertiary/aromatic N) is 4. The molecule has 33 heavy (non-hydrogen) atoms. The van der Waals surface area contributed by atoms with Gasteiger partial charge >= 0.3 is 5.97 Å². The molecule has 1 aromatic carbocycles. The predicted molar refractivity (Wildman–Crippen MR) is 123 cm³/mol. The van der Waals surface area contributed by atoms with Gasteiger partial charge in [0.25, 0.3) is 11.7 Å². The third-order valence-corrected chi connectivity index (χ3v) is 5.94. The lowest BCUT2D eigenvalue weighted by molar-refractivity contribution is -0.139. The van der Waals surface area contributed by atoms with E-state index in [2.05, 4.69) is 5.10 Å². The topological polar surface area (TPSA) is 105 Å². The van der Waals surface area contributed by atoms with Gasteiger partial charge in [0, 0.05) is 19.3 Å². The number of hydrogen-bond acceptors (Lipinski definition) is 7. The third kappa shape index (κ3) is 4.54. The fourth-order valence-electron chi connectivity index (χ4n) is 4.18. The van der Waals surface area contributed by atoms with Crippen LogP contribution in [0.15, 0.2) is 29.8 Å². The van der Waals surface area contributed by atoms with Crippen molar-refractivity contribution in [1.29, 1.82) is 0 Å². The van der Waals surface area contributed by atoms with Gasteiger partial charge in [-0.3, -0.25) is 14.3 Å². The maximum Gasteiger partial charge on any atom is 0.337 e. The van der Waals surface area contributed by atoms with Crippen molar-refractivity contribution in [2.75, 3.05) is 34.3 Å². The van der Waals surface area contributed by atoms with Gasteiger partial charge in [0.05, 0.1) is 35.5 Å². The van der Waals surface area contributed by atoms with Gasteiger partial charge in [-0.2, -0.15) is 5.10 Å². The van der Waals surface area contributed by atoms with E-state index in [0.717, 1.165) is 6.54 Å². The van der Waals surface area contributed by atoms with Gasteiger partial charge in [-0.25, -0.2) is 4.79 Å². The summed E-state index contributed by atoms with van der Waals surface area (Å²) in [6, 6.07) is 5.75. The van der Waals surface area contributed by atoms with Crippen LogP contribution < -0.4 is 0 Å². The van der Waals surface area contributed by atoms with E-state index < -0.39 is 23.7 Å². The van der Waals surface area contributed by atoms with E-state index in [0.29, 0.717) is 41.0 Å². The first-order valence-corrected chi connectivity index (χ1v) is 10.7. The van der Waals surface area contributed by atoms with Crippen LogP contribution in [-0.2, 0) is 21.4 Å². The molecule has 1 aliphatic rings. The van der Waals surface area contributed by atoms with E-state index >= 15 is 0 Å². The largest absolute Gasteiger partial charge is 0.507 e. The molecule has 2 aromatic rings. The molecule has 0 saturated carbocycles. The van der Waals surface area contributed by atoms with Gasteiger partial charge in [-0.05, 0) is 58.6 Å². The zero-order chi connectivity index (χ0) is 24.4. The number of hydrogen-bond donors (Lipinski definition) is 1. The molecule has 1 fully saturated rings. The molecule has 1 N–H and O–H groups in total. The number of benzene rings is 1. The van der Waals surface area contributed by atoms with Gasteiger partial charge in [-0.15, -0.1) is 0 Å². The van der Waals surface area contributed by atoms with Gasteiger partial charge in [0.15, 0.2) is 0 Å². The van der Waals surface area contributed by atoms with Gasteiger partial charge < -0.3 is 19.6 Å². The number of aryl methyl sites for hydroxylation is 2. The molecule has 1 aliphatic heterocycles. The molecule has 176 valence electrons. The van der Waals surface area contributed by atoms with Crippen molar-refractivity contribution in [2.24, 2.45) is 7.05 Å². The van der Waals surface area contributed by atoms with E-state index in [1.165, 1.54) is 12.0 Å². The molecule has 1 atom stereocenters. The van der Waals surface area contributed by atoms with Crippen molar-refractivity contribution < 1.29 is 24.2 Å². The van der Waals surface area contributed by atoms with Crippen LogP contribution in [0.3, 0.4) is 0 Å². The highest BCUT2D eigenvalue weighted by Gasteiger charge is 2.46. The minimum atomic E-state index is -0.780. The Bertz CT molecular complexity index is 1110. The van der Waals surface area contributed by atoms with Crippen LogP contribution in [0.4, 0.5) is 0 Å². The van der Waals surface area contributed by atoms with E-state index in [4.69, 9.17) is 4.74 Å². The molecule has 9 heteroatoms. The van der Waals surface area contributed by atoms with Crippen LogP contribution in [0.2, 0.25) is 0 Å². The van der Waals surface area contributed by atoms with Crippen LogP contribution in [0.25, 0.3) is 5.76 Å². The highest BCUT2D eigenvalue weighted by Crippen LogP contribution is 2.40. The zero-order valence-corrected chi connectivity index (χ0v) is 19.9. The van der Waals surface area contributed by atoms with Crippen molar-refractivity contribution >= 4 is 23.4 Å². The summed E-state index contributed by atoms with van der Waals surface area (Å²) in [5, 5.41) is 15.6. The highest BCUT2D eigenvalue weighted by molar-refractivity contribution is 6.46. The monoisotopic (exact) mass is 454 g/mol. The number of aromatic nitrogens is 2. The fraction of sp³-hybridized carbons (Fsp3) is 0.417. The van der Waals surface area contributed by atoms with E-state index in [1.54, 1.807) is 49.8 Å². The number of carbonyl (C=O) groups excluding carboxylic acids is 3. The molecule has 1 amide bonds. The number of aliphatic hydroxyl groups is 1. The molecule has 0 aliphatic carbocycles. The molecular weight excluding hydrogens is 424 g/mol. The summed E-state index contributed by atoms with van der Waals surface area (Å²) in [5.41, 5.74) is 2.68. The van der Waals surface area contributed by atoms with Crippen LogP contribution in [0.1, 0.15) is 45.3 Å². The van der Waals surface area contributed by atoms with E-state index in [1.807, 2.05) is 19.0 Å². The van der Waals surface area contributed by atoms with Crippen LogP contribution in [0.5, 0.6) is 0 Å². The molecule has 0 bridgehead atoms. The maximum atomic E-state index is 13.1. The Balaban J connectivity index is 2.14. The summed E-state index contributed by atoms with van der Waals surface area (Å²) in [6.07, 6.45) is 0.655. The lowest BCUT2D eigenvalue weighted by Gasteiger charge is -2.26. The number of ether oxygens (including phenoxy) is 1. The highest BCUT2D eigenvalue weighted by atomic mass is 16.5. The summed E-state index contributed by atoms with van der Waals surface area (Å²) < 4.78 is 6.38. The number of esters is 1. The number of carbonyl (C=O) groups is 3. The number of likely N-dealkylation sites (tertiary alicyclic amines) is 1. The Labute approximate surface area is 193 Å². The van der Waals surface area contributed by atoms with Crippen molar-refractivity contribution in [3.63, 3.8) is 0 Å². The molecule has 0 spiro atoms. The normalized spacial score (nSPS) is 17.8. The Morgan fingerprint density at radius 2 is 1.82 bits per heavy atom. The second-order valence-corrected chi connectivity index (χ2v) is 8.43. The average Bonchev–Trinajstić information content (AvgIpc) is 3.18. The van der Waals surface area contributed by atoms with Gasteiger partial charge in [0.1, 0.15) is 5.76 Å². The van der Waals surface area contributed by atoms with Gasteiger partial charge in [-0.1, -0.05) is 12.1 Å². The minimum Gasteiger partial charge on any atom is -0.507 e. The Morgan fingerprint density at radius 1 is 1.18 bits per heavy atom. The summed E-state index contributed by atoms with van der Waals surface area (Å²) in [6.45, 7) is 4.61. The molecule has 1 aromatic heterocycles. The predicted octanol–water partition coefficient (Wildman–Crippen LogP) is 2.20. The summed E-state index contributed by atoms with van der Waals surface area (Å²) >= 11 is 0. The molecule has 0 radical (unpaired) electrons. The smallest absolute Gasteiger partial charge is 0.337 e. The minimum absolute atomic E-state index is 0.0230. The number of ketones is 1. The Hall–Kier alpha value is -3.46. The van der Waals surface area contributed by atoms with E-state index in [9.17, 15) is 19.5 Å². The molecular formula is C24H30N4O5. The van der Waals surface area contributed by atoms with Crippen molar-refractivity contribution in [3.8, 4) is 0 Å². The second-order valence-electron chi connectivity index (χ2n) is 8.43. The second kappa shape index (κ2) is 9.58. The third-order valence-electron chi connectivity index (χ3n) is 5.94.